The first-order valence-electron chi connectivity index (χ1n) is 14.2. The fraction of sp³-hybridized carbons (Fsp3) is 0.571. The molecule has 11 nitrogen and oxygen atoms in total. The molecule has 0 spiro atoms. The number of nitrogen functional groups attached to an aromatic ring is 1. The fourth-order valence-corrected chi connectivity index (χ4v) is 6.39. The summed E-state index contributed by atoms with van der Waals surface area (Å²) < 4.78 is 46.0. The highest BCUT2D eigenvalue weighted by molar-refractivity contribution is 5.81. The molecule has 4 heterocycles. The quantitative estimate of drug-likeness (QED) is 0.198. The van der Waals surface area contributed by atoms with Gasteiger partial charge in [-0.1, -0.05) is 19.9 Å². The van der Waals surface area contributed by atoms with Crippen LogP contribution in [0.4, 0.5) is 19.0 Å². The van der Waals surface area contributed by atoms with E-state index < -0.39 is 37.1 Å². The van der Waals surface area contributed by atoms with Crippen molar-refractivity contribution in [1.29, 1.82) is 0 Å². The smallest absolute Gasteiger partial charge is 0.387 e. The molecule has 1 aliphatic heterocycles. The first-order chi connectivity index (χ1) is 19.9. The number of anilines is 1. The molecule has 2 fully saturated rings. The molecule has 3 aromatic heterocycles. The number of aromatic amines is 1. The molecule has 0 amide bonds. The lowest BCUT2D eigenvalue weighted by atomic mass is 9.61. The highest BCUT2D eigenvalue weighted by Gasteiger charge is 2.49. The van der Waals surface area contributed by atoms with E-state index in [0.717, 1.165) is 30.6 Å². The predicted octanol–water partition coefficient (Wildman–Crippen LogP) is 3.04. The lowest BCUT2D eigenvalue weighted by molar-refractivity contribution is -0.127. The van der Waals surface area contributed by atoms with Crippen LogP contribution in [-0.4, -0.2) is 76.3 Å². The van der Waals surface area contributed by atoms with Crippen molar-refractivity contribution < 1.29 is 28.1 Å². The van der Waals surface area contributed by atoms with E-state index in [2.05, 4.69) is 44.1 Å². The van der Waals surface area contributed by atoms with Gasteiger partial charge in [0.25, 0.3) is 0 Å². The minimum atomic E-state index is -4.25. The second kappa shape index (κ2) is 10.7. The van der Waals surface area contributed by atoms with Crippen LogP contribution in [-0.2, 0) is 17.6 Å². The van der Waals surface area contributed by atoms with Crippen LogP contribution in [0.3, 0.4) is 0 Å². The number of hydrogen-bond acceptors (Lipinski definition) is 9. The van der Waals surface area contributed by atoms with Gasteiger partial charge in [-0.3, -0.25) is 4.57 Å². The van der Waals surface area contributed by atoms with Crippen molar-refractivity contribution in [3.8, 4) is 0 Å². The molecule has 6 rings (SSSR count). The zero-order chi connectivity index (χ0) is 29.8. The number of nitrogens with two attached hydrogens (primary N) is 1. The van der Waals surface area contributed by atoms with Gasteiger partial charge < -0.3 is 31.0 Å². The van der Waals surface area contributed by atoms with Crippen molar-refractivity contribution in [2.45, 2.75) is 82.2 Å². The number of imidazole rings is 2. The summed E-state index contributed by atoms with van der Waals surface area (Å²) in [5.41, 5.74) is 8.04. The summed E-state index contributed by atoms with van der Waals surface area (Å²) in [5.74, 6) is 1.76. The van der Waals surface area contributed by atoms with E-state index in [4.69, 9.17) is 10.5 Å². The minimum absolute atomic E-state index is 0.138. The number of benzene rings is 1. The Morgan fingerprint density at radius 3 is 2.71 bits per heavy atom. The van der Waals surface area contributed by atoms with Crippen LogP contribution in [0.2, 0.25) is 0 Å². The molecule has 1 aliphatic carbocycles. The third kappa shape index (κ3) is 5.43. The van der Waals surface area contributed by atoms with Crippen molar-refractivity contribution in [1.82, 2.24) is 34.8 Å². The number of nitrogens with one attached hydrogen (secondary N) is 2. The van der Waals surface area contributed by atoms with Crippen molar-refractivity contribution >= 4 is 28.0 Å². The molecule has 4 atom stereocenters. The lowest BCUT2D eigenvalue weighted by Crippen LogP contribution is -2.61. The van der Waals surface area contributed by atoms with Crippen LogP contribution in [0, 0.1) is 11.8 Å². The molecule has 0 radical (unpaired) electrons. The van der Waals surface area contributed by atoms with E-state index in [-0.39, 0.29) is 16.9 Å². The van der Waals surface area contributed by atoms with E-state index in [9.17, 15) is 23.4 Å². The standard InChI is InChI=1S/C28H35F3N8O3/c1-14(2)27(8-16(9-27)4-6-20-37-17-5-3-15(7-18(17)38-20)10-28(29,30)31)36-11-19-22(40)23(41)26(42-19)39-13-35-21-24(32)33-12-34-25(21)39/h3,5,7,12-14,16,19,22-23,26,36,40-41H,4,6,8-11H2,1-2H3,(H,37,38)(H2,32,33,34)/t16-,19-,22+,23+,26-,27-/m1/s1. The van der Waals surface area contributed by atoms with Gasteiger partial charge in [0, 0.05) is 18.5 Å². The van der Waals surface area contributed by atoms with Crippen LogP contribution in [0.15, 0.2) is 30.9 Å². The summed E-state index contributed by atoms with van der Waals surface area (Å²) >= 11 is 0. The van der Waals surface area contributed by atoms with Gasteiger partial charge in [-0.2, -0.15) is 13.2 Å². The summed E-state index contributed by atoms with van der Waals surface area (Å²) in [6.45, 7) is 4.67. The highest BCUT2D eigenvalue weighted by atomic mass is 19.4. The number of aryl methyl sites for hydroxylation is 1. The molecule has 4 aromatic rings. The van der Waals surface area contributed by atoms with Crippen molar-refractivity contribution in [3.63, 3.8) is 0 Å². The number of aromatic nitrogens is 6. The van der Waals surface area contributed by atoms with Crippen LogP contribution in [0.25, 0.3) is 22.2 Å². The summed E-state index contributed by atoms with van der Waals surface area (Å²) in [5, 5.41) is 25.2. The molecule has 6 N–H and O–H groups in total. The largest absolute Gasteiger partial charge is 0.393 e. The molecule has 2 aliphatic rings. The van der Waals surface area contributed by atoms with Gasteiger partial charge in [0.2, 0.25) is 0 Å². The maximum atomic E-state index is 12.8. The number of hydrogen-bond donors (Lipinski definition) is 5. The number of aliphatic hydroxyl groups excluding tert-OH is 2. The fourth-order valence-electron chi connectivity index (χ4n) is 6.39. The minimum Gasteiger partial charge on any atom is -0.387 e. The van der Waals surface area contributed by atoms with Crippen molar-refractivity contribution in [3.05, 3.63) is 42.2 Å². The topological polar surface area (TPSA) is 160 Å². The van der Waals surface area contributed by atoms with E-state index in [1.54, 1.807) is 10.6 Å². The Morgan fingerprint density at radius 1 is 1.19 bits per heavy atom. The Labute approximate surface area is 239 Å². The van der Waals surface area contributed by atoms with Gasteiger partial charge in [-0.15, -0.1) is 0 Å². The van der Waals surface area contributed by atoms with Gasteiger partial charge in [0.05, 0.1) is 23.8 Å². The molecule has 0 bridgehead atoms. The third-order valence-corrected chi connectivity index (χ3v) is 8.86. The highest BCUT2D eigenvalue weighted by Crippen LogP contribution is 2.45. The number of alkyl halides is 3. The summed E-state index contributed by atoms with van der Waals surface area (Å²) in [6, 6.07) is 4.64. The van der Waals surface area contributed by atoms with Gasteiger partial charge in [0.1, 0.15) is 36.0 Å². The molecule has 14 heteroatoms. The van der Waals surface area contributed by atoms with Crippen molar-refractivity contribution in [2.24, 2.45) is 11.8 Å². The number of fused-ring (bicyclic) bond motifs is 2. The van der Waals surface area contributed by atoms with E-state index in [0.29, 0.717) is 41.5 Å². The number of aliphatic hydroxyl groups is 2. The number of nitrogens with zero attached hydrogens (tertiary/aromatic N) is 5. The number of ether oxygens (including phenoxy) is 1. The average Bonchev–Trinajstić information content (AvgIpc) is 3.58. The van der Waals surface area contributed by atoms with Crippen LogP contribution < -0.4 is 11.1 Å². The summed E-state index contributed by atoms with van der Waals surface area (Å²) in [4.78, 5) is 20.1. The van der Waals surface area contributed by atoms with Gasteiger partial charge >= 0.3 is 6.18 Å². The Hall–Kier alpha value is -3.33. The SMILES string of the molecule is CC(C)[C@]1(NC[C@H]2O[C@@H](n3cnc4c(N)ncnc43)[C@@H](O)[C@H]2O)C[C@H](CCc2nc3cc(CC(F)(F)F)ccc3[nH]2)C1. The molecule has 226 valence electrons. The van der Waals surface area contributed by atoms with Crippen molar-refractivity contribution in [2.75, 3.05) is 12.3 Å². The Balaban J connectivity index is 1.04. The molecule has 1 saturated carbocycles. The third-order valence-electron chi connectivity index (χ3n) is 8.86. The first-order valence-corrected chi connectivity index (χ1v) is 14.2. The Morgan fingerprint density at radius 2 is 1.98 bits per heavy atom. The summed E-state index contributed by atoms with van der Waals surface area (Å²) in [6.07, 6.45) is -2.78. The zero-order valence-corrected chi connectivity index (χ0v) is 23.3. The van der Waals surface area contributed by atoms with E-state index in [1.807, 2.05) is 0 Å². The number of H-pyrrole nitrogens is 1. The first kappa shape index (κ1) is 28.8. The normalized spacial score (nSPS) is 28.2. The monoisotopic (exact) mass is 588 g/mol. The number of rotatable bonds is 9. The molecular formula is C28H35F3N8O3. The molecule has 1 saturated heterocycles. The van der Waals surface area contributed by atoms with E-state index >= 15 is 0 Å². The Kier molecular flexibility index (Phi) is 7.36. The maximum absolute atomic E-state index is 12.8. The van der Waals surface area contributed by atoms with Gasteiger partial charge in [0.15, 0.2) is 17.7 Å². The van der Waals surface area contributed by atoms with Gasteiger partial charge in [-0.25, -0.2) is 19.9 Å². The maximum Gasteiger partial charge on any atom is 0.393 e. The van der Waals surface area contributed by atoms with Gasteiger partial charge in [-0.05, 0) is 48.8 Å². The predicted molar refractivity (Wildman–Crippen MR) is 148 cm³/mol. The van der Waals surface area contributed by atoms with Crippen LogP contribution >= 0.6 is 0 Å². The summed E-state index contributed by atoms with van der Waals surface area (Å²) in [7, 11) is 0. The molecule has 1 aromatic carbocycles. The lowest BCUT2D eigenvalue weighted by Gasteiger charge is -2.52. The van der Waals surface area contributed by atoms with Crippen LogP contribution in [0.1, 0.15) is 50.7 Å². The second-order valence-electron chi connectivity index (χ2n) is 12.0. The molecule has 0 unspecified atom stereocenters. The average molecular weight is 589 g/mol. The Bertz CT molecular complexity index is 1570. The van der Waals surface area contributed by atoms with Crippen LogP contribution in [0.5, 0.6) is 0 Å². The number of halogens is 3. The molecule has 42 heavy (non-hydrogen) atoms. The van der Waals surface area contributed by atoms with E-state index in [1.165, 1.54) is 24.8 Å². The zero-order valence-electron chi connectivity index (χ0n) is 23.3. The molecular weight excluding hydrogens is 553 g/mol. The second-order valence-corrected chi connectivity index (χ2v) is 12.0.